The lowest BCUT2D eigenvalue weighted by molar-refractivity contribution is -0.120. The molecule has 2 aromatic rings. The first kappa shape index (κ1) is 14.6. The van der Waals surface area contributed by atoms with Crippen molar-refractivity contribution in [2.24, 2.45) is 0 Å². The summed E-state index contributed by atoms with van der Waals surface area (Å²) in [5.74, 6) is 0.116. The predicted molar refractivity (Wildman–Crippen MR) is 75.9 cm³/mol. The average molecular weight is 288 g/mol. The molecule has 1 aromatic carbocycles. The van der Waals surface area contributed by atoms with Crippen LogP contribution in [-0.4, -0.2) is 25.5 Å². The highest BCUT2D eigenvalue weighted by molar-refractivity contribution is 5.96. The van der Waals surface area contributed by atoms with Crippen molar-refractivity contribution in [1.29, 1.82) is 0 Å². The van der Waals surface area contributed by atoms with Gasteiger partial charge in [-0.25, -0.2) is 0 Å². The van der Waals surface area contributed by atoms with Crippen molar-refractivity contribution >= 4 is 11.8 Å². The van der Waals surface area contributed by atoms with E-state index in [2.05, 4.69) is 10.6 Å². The molecule has 0 fully saturated rings. The van der Waals surface area contributed by atoms with Crippen LogP contribution in [0.25, 0.3) is 0 Å². The highest BCUT2D eigenvalue weighted by Gasteiger charge is 2.08. The molecule has 0 aliphatic carbocycles. The summed E-state index contributed by atoms with van der Waals surface area (Å²) >= 11 is 0. The zero-order valence-corrected chi connectivity index (χ0v) is 11.6. The zero-order valence-electron chi connectivity index (χ0n) is 11.6. The molecule has 0 saturated heterocycles. The van der Waals surface area contributed by atoms with Crippen LogP contribution in [0, 0.1) is 0 Å². The summed E-state index contributed by atoms with van der Waals surface area (Å²) in [6.07, 6.45) is 2.72. The molecule has 0 bridgehead atoms. The second-order valence-corrected chi connectivity index (χ2v) is 4.32. The lowest BCUT2D eigenvalue weighted by Gasteiger charge is -2.07. The van der Waals surface area contributed by atoms with E-state index in [4.69, 9.17) is 9.15 Å². The van der Waals surface area contributed by atoms with Crippen LogP contribution in [0.3, 0.4) is 0 Å². The van der Waals surface area contributed by atoms with Gasteiger partial charge < -0.3 is 19.8 Å². The highest BCUT2D eigenvalue weighted by atomic mass is 16.5. The van der Waals surface area contributed by atoms with E-state index in [9.17, 15) is 9.59 Å². The average Bonchev–Trinajstić information content (AvgIpc) is 3.05. The van der Waals surface area contributed by atoms with Crippen LogP contribution in [0.4, 0.5) is 0 Å². The number of hydrogen-bond donors (Lipinski definition) is 2. The molecule has 2 amide bonds. The molecule has 6 heteroatoms. The molecule has 2 rings (SSSR count). The van der Waals surface area contributed by atoms with Gasteiger partial charge in [-0.15, -0.1) is 0 Å². The van der Waals surface area contributed by atoms with Crippen LogP contribution in [0.1, 0.15) is 15.9 Å². The van der Waals surface area contributed by atoms with Crippen molar-refractivity contribution in [2.75, 3.05) is 13.7 Å². The number of furan rings is 1. The van der Waals surface area contributed by atoms with E-state index < -0.39 is 0 Å². The third-order valence-electron chi connectivity index (χ3n) is 2.82. The van der Waals surface area contributed by atoms with Crippen LogP contribution in [0.5, 0.6) is 5.75 Å². The van der Waals surface area contributed by atoms with Crippen molar-refractivity contribution in [2.45, 2.75) is 6.54 Å². The summed E-state index contributed by atoms with van der Waals surface area (Å²) in [5.41, 5.74) is 1.31. The molecule has 0 unspecified atom stereocenters. The molecule has 0 aliphatic rings. The summed E-state index contributed by atoms with van der Waals surface area (Å²) < 4.78 is 9.90. The first-order chi connectivity index (χ1) is 10.2. The van der Waals surface area contributed by atoms with Gasteiger partial charge in [0.15, 0.2) is 0 Å². The van der Waals surface area contributed by atoms with Crippen molar-refractivity contribution in [3.8, 4) is 5.75 Å². The molecule has 0 atom stereocenters. The Kier molecular flexibility index (Phi) is 4.98. The predicted octanol–water partition coefficient (Wildman–Crippen LogP) is 1.33. The minimum atomic E-state index is -0.347. The number of amides is 2. The maximum absolute atomic E-state index is 11.7. The number of ether oxygens (including phenoxy) is 1. The van der Waals surface area contributed by atoms with Gasteiger partial charge in [-0.3, -0.25) is 9.59 Å². The van der Waals surface area contributed by atoms with Crippen LogP contribution >= 0.6 is 0 Å². The minimum Gasteiger partial charge on any atom is -0.497 e. The number of methoxy groups -OCH3 is 1. The van der Waals surface area contributed by atoms with Gasteiger partial charge >= 0.3 is 0 Å². The van der Waals surface area contributed by atoms with Gasteiger partial charge in [0.25, 0.3) is 5.91 Å². The Balaban J connectivity index is 1.75. The van der Waals surface area contributed by atoms with E-state index in [0.717, 1.165) is 11.3 Å². The first-order valence-corrected chi connectivity index (χ1v) is 6.39. The normalized spacial score (nSPS) is 9.95. The molecule has 0 spiro atoms. The third kappa shape index (κ3) is 4.38. The van der Waals surface area contributed by atoms with Gasteiger partial charge in [0.05, 0.1) is 25.5 Å². The van der Waals surface area contributed by atoms with Gasteiger partial charge in [0.1, 0.15) is 12.0 Å². The number of carbonyl (C=O) groups is 2. The maximum atomic E-state index is 11.7. The summed E-state index contributed by atoms with van der Waals surface area (Å²) in [4.78, 5) is 23.3. The van der Waals surface area contributed by atoms with Gasteiger partial charge in [0, 0.05) is 6.54 Å². The second-order valence-electron chi connectivity index (χ2n) is 4.32. The monoisotopic (exact) mass is 288 g/mol. The summed E-state index contributed by atoms with van der Waals surface area (Å²) in [6.45, 7) is 0.283. The first-order valence-electron chi connectivity index (χ1n) is 6.39. The Hall–Kier alpha value is -2.76. The number of carbonyl (C=O) groups excluding carboxylic acids is 2. The molecule has 1 aromatic heterocycles. The Morgan fingerprint density at radius 2 is 2.10 bits per heavy atom. The molecule has 0 aliphatic heterocycles. The third-order valence-corrected chi connectivity index (χ3v) is 2.82. The van der Waals surface area contributed by atoms with Crippen molar-refractivity contribution in [3.63, 3.8) is 0 Å². The fourth-order valence-corrected chi connectivity index (χ4v) is 1.70. The molecule has 1 heterocycles. The Labute approximate surface area is 122 Å². The molecule has 21 heavy (non-hydrogen) atoms. The lowest BCUT2D eigenvalue weighted by Crippen LogP contribution is -2.36. The Morgan fingerprint density at radius 3 is 2.81 bits per heavy atom. The maximum Gasteiger partial charge on any atom is 0.254 e. The number of hydrogen-bond acceptors (Lipinski definition) is 4. The van der Waals surface area contributed by atoms with Crippen LogP contribution in [0.2, 0.25) is 0 Å². The number of benzene rings is 1. The second kappa shape index (κ2) is 7.14. The standard InChI is InChI=1S/C15H16N2O4/c1-20-13-4-2-3-11(7-13)8-16-14(18)9-17-15(19)12-5-6-21-10-12/h2-7,10H,8-9H2,1H3,(H,16,18)(H,17,19). The lowest BCUT2D eigenvalue weighted by atomic mass is 10.2. The largest absolute Gasteiger partial charge is 0.497 e. The zero-order chi connectivity index (χ0) is 15.1. The van der Waals surface area contributed by atoms with Gasteiger partial charge in [-0.05, 0) is 23.8 Å². The van der Waals surface area contributed by atoms with Crippen molar-refractivity contribution < 1.29 is 18.7 Å². The van der Waals surface area contributed by atoms with Crippen LogP contribution < -0.4 is 15.4 Å². The smallest absolute Gasteiger partial charge is 0.254 e. The molecule has 2 N–H and O–H groups in total. The van der Waals surface area contributed by atoms with Gasteiger partial charge in [-0.2, -0.15) is 0 Å². The Bertz CT molecular complexity index is 608. The highest BCUT2D eigenvalue weighted by Crippen LogP contribution is 2.11. The topological polar surface area (TPSA) is 80.6 Å². The van der Waals surface area contributed by atoms with Gasteiger partial charge in [-0.1, -0.05) is 12.1 Å². The molecular weight excluding hydrogens is 272 g/mol. The summed E-state index contributed by atoms with van der Waals surface area (Å²) in [6, 6.07) is 8.93. The van der Waals surface area contributed by atoms with Crippen LogP contribution in [0.15, 0.2) is 47.3 Å². The van der Waals surface area contributed by atoms with E-state index in [1.54, 1.807) is 7.11 Å². The Morgan fingerprint density at radius 1 is 1.24 bits per heavy atom. The van der Waals surface area contributed by atoms with Crippen molar-refractivity contribution in [1.82, 2.24) is 10.6 Å². The SMILES string of the molecule is COc1cccc(CNC(=O)CNC(=O)c2ccoc2)c1. The van der Waals surface area contributed by atoms with Crippen molar-refractivity contribution in [3.05, 3.63) is 54.0 Å². The molecule has 110 valence electrons. The molecule has 0 saturated carbocycles. The fraction of sp³-hybridized carbons (Fsp3) is 0.200. The fourth-order valence-electron chi connectivity index (χ4n) is 1.70. The molecule has 0 radical (unpaired) electrons. The summed E-state index contributed by atoms with van der Waals surface area (Å²) in [5, 5.41) is 5.23. The van der Waals surface area contributed by atoms with E-state index in [1.165, 1.54) is 18.6 Å². The van der Waals surface area contributed by atoms with E-state index in [1.807, 2.05) is 24.3 Å². The summed E-state index contributed by atoms with van der Waals surface area (Å²) in [7, 11) is 1.59. The number of rotatable bonds is 6. The molecular formula is C15H16N2O4. The van der Waals surface area contributed by atoms with E-state index in [0.29, 0.717) is 12.1 Å². The van der Waals surface area contributed by atoms with E-state index in [-0.39, 0.29) is 18.4 Å². The van der Waals surface area contributed by atoms with Crippen LogP contribution in [-0.2, 0) is 11.3 Å². The minimum absolute atomic E-state index is 0.0893. The van der Waals surface area contributed by atoms with E-state index >= 15 is 0 Å². The van der Waals surface area contributed by atoms with Gasteiger partial charge in [0.2, 0.25) is 5.91 Å². The quantitative estimate of drug-likeness (QED) is 0.840. The number of nitrogens with one attached hydrogen (secondary N) is 2. The molecule has 6 nitrogen and oxygen atoms in total.